The van der Waals surface area contributed by atoms with Crippen LogP contribution in [0.3, 0.4) is 0 Å². The molecule has 1 aromatic heterocycles. The van der Waals surface area contributed by atoms with Crippen LogP contribution >= 0.6 is 0 Å². The largest absolute Gasteiger partial charge is 0.455 e. The fourth-order valence-electron chi connectivity index (χ4n) is 9.40. The number of hydrogen-bond acceptors (Lipinski definition) is 2. The second kappa shape index (κ2) is 12.0. The molecule has 260 valence electrons. The number of furan rings is 1. The molecule has 56 heavy (non-hydrogen) atoms. The smallest absolute Gasteiger partial charge is 0.143 e. The molecule has 0 N–H and O–H groups in total. The molecule has 0 radical (unpaired) electrons. The van der Waals surface area contributed by atoms with Crippen LogP contribution in [0.2, 0.25) is 0 Å². The van der Waals surface area contributed by atoms with Crippen LogP contribution in [0.4, 0.5) is 17.1 Å². The van der Waals surface area contributed by atoms with Crippen molar-refractivity contribution in [1.29, 1.82) is 0 Å². The van der Waals surface area contributed by atoms with Gasteiger partial charge in [-0.15, -0.1) is 0 Å². The van der Waals surface area contributed by atoms with Crippen molar-refractivity contribution in [1.82, 2.24) is 0 Å². The maximum atomic E-state index is 6.88. The Morgan fingerprint density at radius 1 is 0.286 bits per heavy atom. The van der Waals surface area contributed by atoms with Crippen LogP contribution in [0.15, 0.2) is 205 Å². The van der Waals surface area contributed by atoms with E-state index in [0.717, 1.165) is 60.5 Å². The highest BCUT2D eigenvalue weighted by molar-refractivity contribution is 6.31. The summed E-state index contributed by atoms with van der Waals surface area (Å²) in [5.74, 6) is 0. The van der Waals surface area contributed by atoms with Gasteiger partial charge in [-0.3, -0.25) is 0 Å². The summed E-state index contributed by atoms with van der Waals surface area (Å²) in [6.45, 7) is 0. The summed E-state index contributed by atoms with van der Waals surface area (Å²) >= 11 is 0. The Labute approximate surface area is 323 Å². The van der Waals surface area contributed by atoms with Gasteiger partial charge in [0.25, 0.3) is 0 Å². The summed E-state index contributed by atoms with van der Waals surface area (Å²) in [6.07, 6.45) is 0. The zero-order valence-corrected chi connectivity index (χ0v) is 30.4. The third-order valence-electron chi connectivity index (χ3n) is 11.8. The van der Waals surface area contributed by atoms with Gasteiger partial charge < -0.3 is 9.32 Å². The number of anilines is 3. The molecule has 10 aromatic carbocycles. The second-order valence-corrected chi connectivity index (χ2v) is 14.7. The summed E-state index contributed by atoms with van der Waals surface area (Å²) in [5, 5.41) is 14.0. The predicted octanol–water partition coefficient (Wildman–Crippen LogP) is 15.6. The summed E-state index contributed by atoms with van der Waals surface area (Å²) in [6, 6.07) is 73.1. The molecule has 0 amide bonds. The van der Waals surface area contributed by atoms with E-state index in [2.05, 4.69) is 205 Å². The first kappa shape index (κ1) is 31.0. The normalized spacial score (nSPS) is 12.2. The van der Waals surface area contributed by atoms with Gasteiger partial charge in [-0.1, -0.05) is 164 Å². The molecule has 2 heteroatoms. The molecule has 0 saturated carbocycles. The first-order valence-electron chi connectivity index (χ1n) is 19.3. The van der Waals surface area contributed by atoms with Crippen molar-refractivity contribution < 1.29 is 4.42 Å². The van der Waals surface area contributed by atoms with Crippen molar-refractivity contribution in [3.05, 3.63) is 200 Å². The number of rotatable bonds is 1. The molecule has 1 aliphatic heterocycles. The molecule has 0 saturated heterocycles. The standard InChI is InChI=1S/C54H33NO/c1-2-16-36-35(15-1)37-17-3-6-21-41(37)49-33-34(55-50-26-12-9-22-43(50)38-18-4-5-19-39(38)44-23-10-13-27-51(44)55)29-30-42(49)47-31-32-48-45-24-11-14-28-52(45)56-54(48)53(47)46-25-8-7-20-40(36)46/h1-33H. The van der Waals surface area contributed by atoms with E-state index < -0.39 is 0 Å². The number of benzene rings is 9. The molecule has 11 aromatic rings. The SMILES string of the molecule is c1ccc2c(c1)-c1ccccc1N(c1ccc3c(c1)c1ccccc1c1ccccc1c1ccccc1c1c3ccc3c4ccccc4oc31)c1ccccc1-2. The molecule has 0 unspecified atom stereocenters. The highest BCUT2D eigenvalue weighted by Crippen LogP contribution is 2.51. The monoisotopic (exact) mass is 711 g/mol. The molecule has 1 aliphatic rings. The lowest BCUT2D eigenvalue weighted by Crippen LogP contribution is -2.10. The Morgan fingerprint density at radius 2 is 0.679 bits per heavy atom. The van der Waals surface area contributed by atoms with Crippen molar-refractivity contribution in [3.63, 3.8) is 0 Å². The molecule has 2 heterocycles. The molecule has 2 nitrogen and oxygen atoms in total. The fraction of sp³-hybridized carbons (Fsp3) is 0. The van der Waals surface area contributed by atoms with Crippen molar-refractivity contribution in [2.24, 2.45) is 0 Å². The average Bonchev–Trinajstić information content (AvgIpc) is 3.59. The van der Waals surface area contributed by atoms with Crippen LogP contribution < -0.4 is 4.90 Å². The van der Waals surface area contributed by atoms with Crippen molar-refractivity contribution in [3.8, 4) is 22.3 Å². The Bertz CT molecular complexity index is 3430. The quantitative estimate of drug-likeness (QED) is 0.169. The van der Waals surface area contributed by atoms with Gasteiger partial charge in [-0.2, -0.15) is 0 Å². The molecule has 0 aliphatic carbocycles. The molecule has 0 spiro atoms. The van der Waals surface area contributed by atoms with E-state index in [0.29, 0.717) is 0 Å². The second-order valence-electron chi connectivity index (χ2n) is 14.7. The Kier molecular flexibility index (Phi) is 6.66. The minimum atomic E-state index is 0.895. The van der Waals surface area contributed by atoms with Gasteiger partial charge in [0.05, 0.1) is 11.4 Å². The van der Waals surface area contributed by atoms with Crippen LogP contribution in [0.5, 0.6) is 0 Å². The highest BCUT2D eigenvalue weighted by atomic mass is 16.3. The molecule has 0 bridgehead atoms. The van der Waals surface area contributed by atoms with E-state index in [-0.39, 0.29) is 0 Å². The van der Waals surface area contributed by atoms with Crippen LogP contribution in [0.25, 0.3) is 98.1 Å². The zero-order chi connectivity index (χ0) is 36.7. The van der Waals surface area contributed by atoms with E-state index in [1.54, 1.807) is 0 Å². The summed E-state index contributed by atoms with van der Waals surface area (Å²) < 4.78 is 6.88. The molecule has 12 rings (SSSR count). The first-order chi connectivity index (χ1) is 27.8. The average molecular weight is 712 g/mol. The van der Waals surface area contributed by atoms with E-state index in [1.807, 2.05) is 0 Å². The van der Waals surface area contributed by atoms with Crippen LogP contribution in [-0.2, 0) is 0 Å². The first-order valence-corrected chi connectivity index (χ1v) is 19.3. The van der Waals surface area contributed by atoms with Gasteiger partial charge in [0.15, 0.2) is 0 Å². The fourth-order valence-corrected chi connectivity index (χ4v) is 9.40. The zero-order valence-electron chi connectivity index (χ0n) is 30.4. The minimum Gasteiger partial charge on any atom is -0.455 e. The van der Waals surface area contributed by atoms with Crippen molar-refractivity contribution in [2.45, 2.75) is 0 Å². The van der Waals surface area contributed by atoms with E-state index in [9.17, 15) is 0 Å². The third-order valence-corrected chi connectivity index (χ3v) is 11.8. The third kappa shape index (κ3) is 4.44. The van der Waals surface area contributed by atoms with Crippen LogP contribution in [-0.4, -0.2) is 0 Å². The molecular formula is C54H33NO. The Morgan fingerprint density at radius 3 is 1.29 bits per heavy atom. The minimum absolute atomic E-state index is 0.895. The summed E-state index contributed by atoms with van der Waals surface area (Å²) in [7, 11) is 0. The molecular weight excluding hydrogens is 679 g/mol. The van der Waals surface area contributed by atoms with Crippen LogP contribution in [0.1, 0.15) is 0 Å². The van der Waals surface area contributed by atoms with E-state index in [1.165, 1.54) is 54.6 Å². The molecule has 0 fully saturated rings. The number of nitrogens with zero attached hydrogens (tertiary/aromatic N) is 1. The van der Waals surface area contributed by atoms with Gasteiger partial charge in [-0.05, 0) is 96.0 Å². The van der Waals surface area contributed by atoms with E-state index >= 15 is 0 Å². The number of fused-ring (bicyclic) bond motifs is 19. The maximum Gasteiger partial charge on any atom is 0.143 e. The van der Waals surface area contributed by atoms with Gasteiger partial charge in [0.2, 0.25) is 0 Å². The van der Waals surface area contributed by atoms with Crippen LogP contribution in [0, 0.1) is 0 Å². The van der Waals surface area contributed by atoms with Crippen molar-refractivity contribution in [2.75, 3.05) is 4.90 Å². The lowest BCUT2D eigenvalue weighted by molar-refractivity contribution is 0.673. The molecule has 0 atom stereocenters. The Balaban J connectivity index is 1.31. The van der Waals surface area contributed by atoms with Gasteiger partial charge >= 0.3 is 0 Å². The predicted molar refractivity (Wildman–Crippen MR) is 238 cm³/mol. The van der Waals surface area contributed by atoms with Crippen molar-refractivity contribution >= 4 is 92.9 Å². The Hall–Kier alpha value is -7.42. The van der Waals surface area contributed by atoms with Gasteiger partial charge in [0, 0.05) is 33.0 Å². The highest BCUT2D eigenvalue weighted by Gasteiger charge is 2.26. The topological polar surface area (TPSA) is 16.4 Å². The number of para-hydroxylation sites is 3. The van der Waals surface area contributed by atoms with Gasteiger partial charge in [0.1, 0.15) is 11.2 Å². The van der Waals surface area contributed by atoms with Gasteiger partial charge in [-0.25, -0.2) is 0 Å². The lowest BCUT2D eigenvalue weighted by Gasteiger charge is -2.27. The number of hydrogen-bond donors (Lipinski definition) is 0. The lowest BCUT2D eigenvalue weighted by atomic mass is 9.93. The maximum absolute atomic E-state index is 6.88. The van der Waals surface area contributed by atoms with E-state index in [4.69, 9.17) is 4.42 Å². The summed E-state index contributed by atoms with van der Waals surface area (Å²) in [4.78, 5) is 2.46. The summed E-state index contributed by atoms with van der Waals surface area (Å²) in [5.41, 5.74) is 10.1.